The highest BCUT2D eigenvalue weighted by molar-refractivity contribution is 6.13. The van der Waals surface area contributed by atoms with E-state index in [1.165, 1.54) is 27.4 Å². The molecule has 0 radical (unpaired) electrons. The Bertz CT molecular complexity index is 3600. The Morgan fingerprint density at radius 3 is 1.67 bits per heavy atom. The average molecular weight is 805 g/mol. The van der Waals surface area contributed by atoms with Crippen molar-refractivity contribution in [3.05, 3.63) is 243 Å². The first-order valence-electron chi connectivity index (χ1n) is 21.5. The van der Waals surface area contributed by atoms with E-state index in [4.69, 9.17) is 4.42 Å². The molecule has 0 bridgehead atoms. The summed E-state index contributed by atoms with van der Waals surface area (Å²) in [6.45, 7) is 0. The molecule has 3 nitrogen and oxygen atoms in total. The standard InChI is InChI=1S/C60H40N2O/c1-4-17-41(18-5-1)43-31-33-44(34-32-43)48-23-10-13-28-55(48)62(47-36-37-50-49-24-11-14-29-56(49)61(58(50)40-47)46-21-8-3-9-22-46)57-38-35-45(42-19-6-2-7-20-42)39-54(57)53-27-16-26-52-51-25-12-15-30-59(51)63-60(52)53/h1-40H. The first-order valence-corrected chi connectivity index (χ1v) is 21.5. The van der Waals surface area contributed by atoms with Gasteiger partial charge in [-0.15, -0.1) is 0 Å². The number of aromatic nitrogens is 1. The molecule has 12 rings (SSSR count). The largest absolute Gasteiger partial charge is 0.455 e. The summed E-state index contributed by atoms with van der Waals surface area (Å²) in [5, 5.41) is 4.63. The second kappa shape index (κ2) is 15.3. The smallest absolute Gasteiger partial charge is 0.143 e. The Morgan fingerprint density at radius 1 is 0.317 bits per heavy atom. The molecule has 0 aliphatic heterocycles. The van der Waals surface area contributed by atoms with Crippen molar-refractivity contribution < 1.29 is 4.42 Å². The van der Waals surface area contributed by atoms with E-state index in [2.05, 4.69) is 246 Å². The van der Waals surface area contributed by atoms with Gasteiger partial charge in [0.2, 0.25) is 0 Å². The van der Waals surface area contributed by atoms with Gasteiger partial charge in [-0.2, -0.15) is 0 Å². The van der Waals surface area contributed by atoms with Gasteiger partial charge in [0.15, 0.2) is 0 Å². The monoisotopic (exact) mass is 804 g/mol. The lowest BCUT2D eigenvalue weighted by Crippen LogP contribution is -2.13. The molecule has 2 heterocycles. The first-order chi connectivity index (χ1) is 31.3. The quantitative estimate of drug-likeness (QED) is 0.153. The fraction of sp³-hybridized carbons (Fsp3) is 0. The molecule has 0 N–H and O–H groups in total. The van der Waals surface area contributed by atoms with Gasteiger partial charge in [0, 0.05) is 49.6 Å². The van der Waals surface area contributed by atoms with Crippen LogP contribution in [0.3, 0.4) is 0 Å². The maximum absolute atomic E-state index is 6.80. The van der Waals surface area contributed by atoms with Crippen LogP contribution in [-0.4, -0.2) is 4.57 Å². The van der Waals surface area contributed by atoms with Crippen LogP contribution >= 0.6 is 0 Å². The number of nitrogens with zero attached hydrogens (tertiary/aromatic N) is 2. The molecular formula is C60H40N2O. The van der Waals surface area contributed by atoms with E-state index in [0.717, 1.165) is 83.6 Å². The summed E-state index contributed by atoms with van der Waals surface area (Å²) < 4.78 is 9.20. The highest BCUT2D eigenvalue weighted by Crippen LogP contribution is 2.49. The van der Waals surface area contributed by atoms with E-state index in [1.807, 2.05) is 6.07 Å². The lowest BCUT2D eigenvalue weighted by molar-refractivity contribution is 0.670. The molecule has 0 atom stereocenters. The minimum atomic E-state index is 0.870. The molecule has 2 aromatic heterocycles. The van der Waals surface area contributed by atoms with Crippen molar-refractivity contribution in [2.75, 3.05) is 4.90 Å². The van der Waals surface area contributed by atoms with Gasteiger partial charge >= 0.3 is 0 Å². The Labute approximate surface area is 366 Å². The molecular weight excluding hydrogens is 765 g/mol. The number of fused-ring (bicyclic) bond motifs is 6. The van der Waals surface area contributed by atoms with Gasteiger partial charge in [-0.1, -0.05) is 188 Å². The van der Waals surface area contributed by atoms with Crippen molar-refractivity contribution in [3.63, 3.8) is 0 Å². The topological polar surface area (TPSA) is 21.3 Å². The Hall–Kier alpha value is -8.40. The number of benzene rings is 10. The summed E-state index contributed by atoms with van der Waals surface area (Å²) in [6, 6.07) is 87.2. The van der Waals surface area contributed by atoms with Gasteiger partial charge in [-0.25, -0.2) is 0 Å². The molecule has 0 fully saturated rings. The van der Waals surface area contributed by atoms with Gasteiger partial charge < -0.3 is 13.9 Å². The Kier molecular flexibility index (Phi) is 8.83. The molecule has 0 saturated heterocycles. The summed E-state index contributed by atoms with van der Waals surface area (Å²) >= 11 is 0. The summed E-state index contributed by atoms with van der Waals surface area (Å²) in [4.78, 5) is 2.46. The Balaban J connectivity index is 1.15. The fourth-order valence-corrected chi connectivity index (χ4v) is 9.46. The van der Waals surface area contributed by atoms with Crippen molar-refractivity contribution in [1.29, 1.82) is 0 Å². The third-order valence-electron chi connectivity index (χ3n) is 12.4. The van der Waals surface area contributed by atoms with Gasteiger partial charge in [-0.05, 0) is 82.4 Å². The number of hydrogen-bond acceptors (Lipinski definition) is 2. The zero-order valence-electron chi connectivity index (χ0n) is 34.4. The van der Waals surface area contributed by atoms with Gasteiger partial charge in [-0.3, -0.25) is 0 Å². The Morgan fingerprint density at radius 2 is 0.873 bits per heavy atom. The predicted octanol–water partition coefficient (Wildman–Crippen LogP) is 16.8. The van der Waals surface area contributed by atoms with Crippen LogP contribution in [-0.2, 0) is 0 Å². The number of furan rings is 1. The van der Waals surface area contributed by atoms with Crippen molar-refractivity contribution in [2.45, 2.75) is 0 Å². The second-order valence-corrected chi connectivity index (χ2v) is 16.1. The van der Waals surface area contributed by atoms with E-state index >= 15 is 0 Å². The zero-order valence-corrected chi connectivity index (χ0v) is 34.4. The molecule has 12 aromatic rings. The van der Waals surface area contributed by atoms with Crippen LogP contribution in [0.2, 0.25) is 0 Å². The predicted molar refractivity (Wildman–Crippen MR) is 264 cm³/mol. The molecule has 0 amide bonds. The van der Waals surface area contributed by atoms with E-state index < -0.39 is 0 Å². The zero-order chi connectivity index (χ0) is 41.7. The molecule has 3 heteroatoms. The minimum absolute atomic E-state index is 0.870. The first kappa shape index (κ1) is 36.5. The van der Waals surface area contributed by atoms with Crippen molar-refractivity contribution in [1.82, 2.24) is 4.57 Å². The van der Waals surface area contributed by atoms with Crippen LogP contribution < -0.4 is 4.90 Å². The molecule has 0 unspecified atom stereocenters. The fourth-order valence-electron chi connectivity index (χ4n) is 9.46. The molecule has 0 spiro atoms. The minimum Gasteiger partial charge on any atom is -0.455 e. The van der Waals surface area contributed by atoms with E-state index in [0.29, 0.717) is 0 Å². The van der Waals surface area contributed by atoms with Crippen molar-refractivity contribution >= 4 is 60.8 Å². The highest BCUT2D eigenvalue weighted by Gasteiger charge is 2.25. The maximum Gasteiger partial charge on any atom is 0.143 e. The molecule has 0 aliphatic carbocycles. The van der Waals surface area contributed by atoms with Crippen LogP contribution in [0.5, 0.6) is 0 Å². The van der Waals surface area contributed by atoms with E-state index in [9.17, 15) is 0 Å². The van der Waals surface area contributed by atoms with Crippen molar-refractivity contribution in [2.24, 2.45) is 0 Å². The normalized spacial score (nSPS) is 11.5. The lowest BCUT2D eigenvalue weighted by Gasteiger charge is -2.30. The third-order valence-corrected chi connectivity index (χ3v) is 12.4. The molecule has 296 valence electrons. The van der Waals surface area contributed by atoms with Crippen LogP contribution in [0.1, 0.15) is 0 Å². The summed E-state index contributed by atoms with van der Waals surface area (Å²) in [7, 11) is 0. The van der Waals surface area contributed by atoms with Crippen LogP contribution in [0.4, 0.5) is 17.1 Å². The molecule has 10 aromatic carbocycles. The number of para-hydroxylation sites is 5. The number of hydrogen-bond donors (Lipinski definition) is 0. The SMILES string of the molecule is c1ccc(-c2ccc(-c3ccccc3N(c3ccc4c5ccccc5n(-c5ccccc5)c4c3)c3ccc(-c4ccccc4)cc3-c3cccc4c3oc3ccccc34)cc2)cc1. The van der Waals surface area contributed by atoms with Gasteiger partial charge in [0.05, 0.1) is 22.4 Å². The number of anilines is 3. The van der Waals surface area contributed by atoms with Crippen LogP contribution in [0.15, 0.2) is 247 Å². The van der Waals surface area contributed by atoms with Gasteiger partial charge in [0.25, 0.3) is 0 Å². The highest BCUT2D eigenvalue weighted by atomic mass is 16.3. The lowest BCUT2D eigenvalue weighted by atomic mass is 9.94. The summed E-state index contributed by atoms with van der Waals surface area (Å²) in [5.74, 6) is 0. The van der Waals surface area contributed by atoms with E-state index in [-0.39, 0.29) is 0 Å². The van der Waals surface area contributed by atoms with Crippen molar-refractivity contribution in [3.8, 4) is 50.2 Å². The average Bonchev–Trinajstić information content (AvgIpc) is 3.91. The maximum atomic E-state index is 6.80. The van der Waals surface area contributed by atoms with Crippen LogP contribution in [0.25, 0.3) is 93.9 Å². The molecule has 0 saturated carbocycles. The summed E-state index contributed by atoms with van der Waals surface area (Å²) in [6.07, 6.45) is 0. The second-order valence-electron chi connectivity index (χ2n) is 16.1. The molecule has 63 heavy (non-hydrogen) atoms. The van der Waals surface area contributed by atoms with E-state index in [1.54, 1.807) is 0 Å². The number of rotatable bonds is 8. The van der Waals surface area contributed by atoms with Gasteiger partial charge in [0.1, 0.15) is 11.2 Å². The van der Waals surface area contributed by atoms with Crippen LogP contribution in [0, 0.1) is 0 Å². The third kappa shape index (κ3) is 6.29. The summed E-state index contributed by atoms with van der Waals surface area (Å²) in [5.41, 5.74) is 17.4. The molecule has 0 aliphatic rings.